The van der Waals surface area contributed by atoms with Gasteiger partial charge in [0.2, 0.25) is 0 Å². The van der Waals surface area contributed by atoms with Gasteiger partial charge in [0.1, 0.15) is 0 Å². The second-order valence-corrected chi connectivity index (χ2v) is 5.47. The van der Waals surface area contributed by atoms with Crippen LogP contribution in [0.4, 0.5) is 0 Å². The minimum absolute atomic E-state index is 0.614. The molecule has 1 heterocycles. The van der Waals surface area contributed by atoms with Crippen LogP contribution in [0.3, 0.4) is 0 Å². The van der Waals surface area contributed by atoms with Crippen molar-refractivity contribution >= 4 is 0 Å². The van der Waals surface area contributed by atoms with E-state index in [0.29, 0.717) is 6.04 Å². The molecule has 3 rings (SSSR count). The lowest BCUT2D eigenvalue weighted by atomic mass is 9.87. The topological polar surface area (TPSA) is 24.9 Å². The van der Waals surface area contributed by atoms with Crippen LogP contribution in [0, 0.1) is 17.8 Å². The summed E-state index contributed by atoms with van der Waals surface area (Å²) in [5, 5.41) is 3.66. The van der Waals surface area contributed by atoms with Crippen molar-refractivity contribution in [1.29, 1.82) is 0 Å². The highest BCUT2D eigenvalue weighted by atomic mass is 14.9. The molecule has 1 fully saturated rings. The number of hydrogen-bond donors (Lipinski definition) is 1. The normalized spacial score (nSPS) is 31.9. The molecule has 2 heteroatoms. The summed E-state index contributed by atoms with van der Waals surface area (Å²) in [6, 6.07) is 4.78. The molecule has 1 saturated carbocycles. The quantitative estimate of drug-likeness (QED) is 0.802. The van der Waals surface area contributed by atoms with Gasteiger partial charge in [0.15, 0.2) is 0 Å². The van der Waals surface area contributed by atoms with Gasteiger partial charge in [-0.25, -0.2) is 0 Å². The van der Waals surface area contributed by atoms with Gasteiger partial charge in [-0.05, 0) is 55.2 Å². The van der Waals surface area contributed by atoms with Crippen LogP contribution < -0.4 is 5.32 Å². The average molecular weight is 228 g/mol. The molecule has 1 N–H and O–H groups in total. The number of rotatable bonds is 4. The Bertz CT molecular complexity index is 399. The number of nitrogens with one attached hydrogen (secondary N) is 1. The monoisotopic (exact) mass is 228 g/mol. The van der Waals surface area contributed by atoms with Gasteiger partial charge < -0.3 is 5.32 Å². The van der Waals surface area contributed by atoms with Crippen LogP contribution in [0.15, 0.2) is 36.7 Å². The Balaban J connectivity index is 1.54. The molecule has 4 unspecified atom stereocenters. The zero-order valence-electron chi connectivity index (χ0n) is 10.3. The van der Waals surface area contributed by atoms with Gasteiger partial charge in [0.05, 0.1) is 0 Å². The Hall–Kier alpha value is -1.15. The Kier molecular flexibility index (Phi) is 2.98. The van der Waals surface area contributed by atoms with Gasteiger partial charge in [-0.3, -0.25) is 4.98 Å². The predicted octanol–water partition coefficient (Wildman–Crippen LogP) is 2.77. The average Bonchev–Trinajstić information content (AvgIpc) is 2.99. The van der Waals surface area contributed by atoms with Crippen molar-refractivity contribution in [2.24, 2.45) is 17.8 Å². The highest BCUT2D eigenvalue weighted by Gasteiger charge is 2.38. The fourth-order valence-electron chi connectivity index (χ4n) is 3.33. The third-order valence-corrected chi connectivity index (χ3v) is 4.35. The van der Waals surface area contributed by atoms with Crippen LogP contribution in [-0.4, -0.2) is 11.0 Å². The van der Waals surface area contributed by atoms with Crippen molar-refractivity contribution in [1.82, 2.24) is 10.3 Å². The van der Waals surface area contributed by atoms with Crippen molar-refractivity contribution < 1.29 is 0 Å². The molecule has 2 bridgehead atoms. The van der Waals surface area contributed by atoms with E-state index in [4.69, 9.17) is 0 Å². The van der Waals surface area contributed by atoms with E-state index in [9.17, 15) is 0 Å². The molecule has 0 spiro atoms. The van der Waals surface area contributed by atoms with Crippen molar-refractivity contribution in [2.45, 2.75) is 32.4 Å². The summed E-state index contributed by atoms with van der Waals surface area (Å²) in [7, 11) is 0. The van der Waals surface area contributed by atoms with Gasteiger partial charge in [-0.15, -0.1) is 0 Å². The van der Waals surface area contributed by atoms with E-state index in [1.807, 2.05) is 12.4 Å². The minimum Gasteiger partial charge on any atom is -0.310 e. The first-order valence-electron chi connectivity index (χ1n) is 6.63. The first kappa shape index (κ1) is 11.0. The highest BCUT2D eigenvalue weighted by molar-refractivity contribution is 5.13. The van der Waals surface area contributed by atoms with Crippen molar-refractivity contribution in [3.8, 4) is 0 Å². The fraction of sp³-hybridized carbons (Fsp3) is 0.533. The summed E-state index contributed by atoms with van der Waals surface area (Å²) in [6.45, 7) is 3.29. The number of pyridine rings is 1. The lowest BCUT2D eigenvalue weighted by molar-refractivity contribution is 0.326. The summed E-state index contributed by atoms with van der Waals surface area (Å²) in [4.78, 5) is 4.04. The van der Waals surface area contributed by atoms with E-state index < -0.39 is 0 Å². The third kappa shape index (κ3) is 2.27. The summed E-state index contributed by atoms with van der Waals surface area (Å²) in [5.74, 6) is 2.54. The van der Waals surface area contributed by atoms with Crippen LogP contribution >= 0.6 is 0 Å². The van der Waals surface area contributed by atoms with Crippen LogP contribution in [-0.2, 0) is 6.54 Å². The minimum atomic E-state index is 0.614. The maximum atomic E-state index is 4.04. The smallest absolute Gasteiger partial charge is 0.0271 e. The summed E-state index contributed by atoms with van der Waals surface area (Å²) in [5.41, 5.74) is 1.32. The van der Waals surface area contributed by atoms with E-state index in [-0.39, 0.29) is 0 Å². The van der Waals surface area contributed by atoms with Gasteiger partial charge in [-0.1, -0.05) is 12.2 Å². The molecule has 0 amide bonds. The van der Waals surface area contributed by atoms with Gasteiger partial charge in [0.25, 0.3) is 0 Å². The molecule has 1 aromatic rings. The summed E-state index contributed by atoms with van der Waals surface area (Å²) < 4.78 is 0. The Morgan fingerprint density at radius 3 is 2.76 bits per heavy atom. The SMILES string of the molecule is CC(NCc1ccncc1)C1CC2C=CC1C2. The first-order chi connectivity index (χ1) is 8.33. The first-order valence-corrected chi connectivity index (χ1v) is 6.63. The maximum Gasteiger partial charge on any atom is 0.0271 e. The highest BCUT2D eigenvalue weighted by Crippen LogP contribution is 2.44. The lowest BCUT2D eigenvalue weighted by Gasteiger charge is -2.26. The van der Waals surface area contributed by atoms with Crippen molar-refractivity contribution in [3.63, 3.8) is 0 Å². The Morgan fingerprint density at radius 2 is 2.12 bits per heavy atom. The zero-order valence-corrected chi connectivity index (χ0v) is 10.3. The summed E-state index contributed by atoms with van der Waals surface area (Å²) in [6.07, 6.45) is 11.3. The van der Waals surface area contributed by atoms with Gasteiger partial charge in [0, 0.05) is 25.0 Å². The molecule has 0 radical (unpaired) electrons. The number of nitrogens with zero attached hydrogens (tertiary/aromatic N) is 1. The van der Waals surface area contributed by atoms with E-state index in [1.54, 1.807) is 0 Å². The maximum absolute atomic E-state index is 4.04. The molecule has 0 aromatic carbocycles. The molecule has 4 atom stereocenters. The molecule has 17 heavy (non-hydrogen) atoms. The molecule has 0 aliphatic heterocycles. The fourth-order valence-corrected chi connectivity index (χ4v) is 3.33. The molecule has 2 aliphatic carbocycles. The Morgan fingerprint density at radius 1 is 1.29 bits per heavy atom. The zero-order chi connectivity index (χ0) is 11.7. The Labute approximate surface area is 103 Å². The largest absolute Gasteiger partial charge is 0.310 e. The number of hydrogen-bond acceptors (Lipinski definition) is 2. The van der Waals surface area contributed by atoms with Crippen LogP contribution in [0.25, 0.3) is 0 Å². The summed E-state index contributed by atoms with van der Waals surface area (Å²) >= 11 is 0. The predicted molar refractivity (Wildman–Crippen MR) is 69.4 cm³/mol. The molecule has 2 nitrogen and oxygen atoms in total. The van der Waals surface area contributed by atoms with E-state index in [1.165, 1.54) is 18.4 Å². The number of fused-ring (bicyclic) bond motifs is 2. The van der Waals surface area contributed by atoms with Crippen LogP contribution in [0.5, 0.6) is 0 Å². The second-order valence-electron chi connectivity index (χ2n) is 5.47. The number of aromatic nitrogens is 1. The van der Waals surface area contributed by atoms with Crippen LogP contribution in [0.2, 0.25) is 0 Å². The molecular formula is C15H20N2. The standard InChI is InChI=1S/C15H20N2/c1-11(15-9-13-2-3-14(15)8-13)17-10-12-4-6-16-7-5-12/h2-7,11,13-15,17H,8-10H2,1H3. The van der Waals surface area contributed by atoms with E-state index in [2.05, 4.69) is 41.5 Å². The van der Waals surface area contributed by atoms with E-state index >= 15 is 0 Å². The molecule has 2 aliphatic rings. The molecular weight excluding hydrogens is 208 g/mol. The second kappa shape index (κ2) is 4.61. The van der Waals surface area contributed by atoms with Crippen molar-refractivity contribution in [2.75, 3.05) is 0 Å². The van der Waals surface area contributed by atoms with Gasteiger partial charge >= 0.3 is 0 Å². The number of allylic oxidation sites excluding steroid dienone is 2. The van der Waals surface area contributed by atoms with Gasteiger partial charge in [-0.2, -0.15) is 0 Å². The van der Waals surface area contributed by atoms with Crippen LogP contribution in [0.1, 0.15) is 25.3 Å². The molecule has 90 valence electrons. The van der Waals surface area contributed by atoms with Crippen molar-refractivity contribution in [3.05, 3.63) is 42.2 Å². The lowest BCUT2D eigenvalue weighted by Crippen LogP contribution is -2.35. The molecule has 1 aromatic heterocycles. The molecule has 0 saturated heterocycles. The third-order valence-electron chi connectivity index (χ3n) is 4.35. The van der Waals surface area contributed by atoms with E-state index in [0.717, 1.165) is 24.3 Å².